The Bertz CT molecular complexity index is 911. The zero-order valence-electron chi connectivity index (χ0n) is 14.7. The monoisotopic (exact) mass is 507 g/mol. The van der Waals surface area contributed by atoms with Gasteiger partial charge in [0.05, 0.1) is 0 Å². The van der Waals surface area contributed by atoms with Crippen molar-refractivity contribution in [2.24, 2.45) is 0 Å². The van der Waals surface area contributed by atoms with E-state index >= 15 is 0 Å². The molecule has 26 heavy (non-hydrogen) atoms. The number of hydrogen-bond donors (Lipinski definition) is 0. The summed E-state index contributed by atoms with van der Waals surface area (Å²) in [6.45, 7) is 2.15. The van der Waals surface area contributed by atoms with Crippen LogP contribution < -0.4 is 4.90 Å². The number of allylic oxidation sites excluding steroid dienone is 3. The molecule has 0 unspecified atom stereocenters. The van der Waals surface area contributed by atoms with Crippen LogP contribution in [0.15, 0.2) is 103 Å². The Morgan fingerprint density at radius 1 is 0.808 bits per heavy atom. The summed E-state index contributed by atoms with van der Waals surface area (Å²) in [5, 5.41) is 0. The molecule has 0 saturated heterocycles. The van der Waals surface area contributed by atoms with Crippen molar-refractivity contribution in [1.29, 1.82) is 0 Å². The van der Waals surface area contributed by atoms with Crippen LogP contribution in [0.3, 0.4) is 0 Å². The van der Waals surface area contributed by atoms with E-state index in [1.165, 1.54) is 41.7 Å². The molecule has 0 amide bonds. The van der Waals surface area contributed by atoms with Crippen LogP contribution in [0, 0.1) is 6.92 Å². The van der Waals surface area contributed by atoms with E-state index in [-0.39, 0.29) is 0 Å². The van der Waals surface area contributed by atoms with Crippen molar-refractivity contribution in [1.82, 2.24) is 0 Å². The summed E-state index contributed by atoms with van der Waals surface area (Å²) >= 11 is 1.45. The molecule has 0 aliphatic rings. The first-order valence-electron chi connectivity index (χ1n) is 8.58. The minimum absolute atomic E-state index is 1.15. The van der Waals surface area contributed by atoms with Crippen LogP contribution in [0.1, 0.15) is 11.1 Å². The molecule has 0 aliphatic carbocycles. The van der Waals surface area contributed by atoms with Crippen molar-refractivity contribution in [3.63, 3.8) is 0 Å². The van der Waals surface area contributed by atoms with Crippen LogP contribution in [0.2, 0.25) is 0 Å². The molecule has 0 saturated carbocycles. The molecule has 0 spiro atoms. The van der Waals surface area contributed by atoms with Gasteiger partial charge in [-0.05, 0) is 0 Å². The van der Waals surface area contributed by atoms with Crippen LogP contribution in [-0.2, 0) is 19.4 Å². The number of para-hydroxylation sites is 2. The van der Waals surface area contributed by atoms with Gasteiger partial charge in [-0.2, -0.15) is 0 Å². The Labute approximate surface area is 166 Å². The summed E-state index contributed by atoms with van der Waals surface area (Å²) in [6.07, 6.45) is 6.52. The van der Waals surface area contributed by atoms with Gasteiger partial charge in [0, 0.05) is 0 Å². The predicted molar refractivity (Wildman–Crippen MR) is 109 cm³/mol. The van der Waals surface area contributed by atoms with E-state index in [9.17, 15) is 0 Å². The molecular weight excluding hydrogens is 486 g/mol. The van der Waals surface area contributed by atoms with Gasteiger partial charge in [0.25, 0.3) is 0 Å². The maximum atomic E-state index is 2.27. The molecule has 0 aliphatic heterocycles. The molecular formula is C24H21NW. The van der Waals surface area contributed by atoms with Gasteiger partial charge in [0.15, 0.2) is 0 Å². The van der Waals surface area contributed by atoms with Crippen molar-refractivity contribution in [2.75, 3.05) is 4.90 Å². The standard InChI is InChI=1S/C24H21N.W/c1-3-12-22(21-14-6-4-7-15-21)19-25(23-16-8-5-9-17-23)24-18-11-10-13-20(24)2;/h1,3-19H,2H3;. The van der Waals surface area contributed by atoms with E-state index in [1.54, 1.807) is 0 Å². The first-order valence-corrected chi connectivity index (χ1v) is 10.3. The fraction of sp³-hybridized carbons (Fsp3) is 0.0417. The van der Waals surface area contributed by atoms with Crippen molar-refractivity contribution >= 4 is 21.3 Å². The van der Waals surface area contributed by atoms with Crippen LogP contribution in [-0.4, -0.2) is 4.40 Å². The van der Waals surface area contributed by atoms with Gasteiger partial charge in [0.1, 0.15) is 0 Å². The van der Waals surface area contributed by atoms with Gasteiger partial charge >= 0.3 is 167 Å². The van der Waals surface area contributed by atoms with Crippen molar-refractivity contribution in [3.05, 3.63) is 114 Å². The Morgan fingerprint density at radius 3 is 2.08 bits per heavy atom. The van der Waals surface area contributed by atoms with Crippen LogP contribution in [0.5, 0.6) is 0 Å². The first-order chi connectivity index (χ1) is 12.8. The molecule has 0 fully saturated rings. The average Bonchev–Trinajstić information content (AvgIpc) is 2.70. The van der Waals surface area contributed by atoms with Crippen molar-refractivity contribution in [3.8, 4) is 0 Å². The zero-order valence-corrected chi connectivity index (χ0v) is 17.7. The molecule has 0 atom stereocenters. The Balaban J connectivity index is 2.16. The second-order valence-electron chi connectivity index (χ2n) is 5.94. The number of aryl methyl sites for hydroxylation is 1. The first kappa shape index (κ1) is 18.3. The van der Waals surface area contributed by atoms with E-state index in [1.807, 2.05) is 0 Å². The molecule has 0 radical (unpaired) electrons. The number of anilines is 2. The molecule has 3 aromatic rings. The number of nitrogens with zero attached hydrogens (tertiary/aromatic N) is 1. The van der Waals surface area contributed by atoms with E-state index in [0.29, 0.717) is 0 Å². The third-order valence-corrected chi connectivity index (χ3v) is 4.70. The van der Waals surface area contributed by atoms with Crippen LogP contribution >= 0.6 is 0 Å². The average molecular weight is 507 g/mol. The van der Waals surface area contributed by atoms with Crippen molar-refractivity contribution < 1.29 is 19.4 Å². The van der Waals surface area contributed by atoms with Gasteiger partial charge in [-0.15, -0.1) is 0 Å². The summed E-state index contributed by atoms with van der Waals surface area (Å²) in [5.74, 6) is 0. The van der Waals surface area contributed by atoms with Crippen LogP contribution in [0.25, 0.3) is 5.57 Å². The summed E-state index contributed by atoms with van der Waals surface area (Å²) in [5.41, 5.74) is 5.96. The molecule has 0 N–H and O–H groups in total. The number of benzene rings is 3. The van der Waals surface area contributed by atoms with Gasteiger partial charge < -0.3 is 0 Å². The topological polar surface area (TPSA) is 3.24 Å². The van der Waals surface area contributed by atoms with Crippen LogP contribution in [0.4, 0.5) is 11.4 Å². The van der Waals surface area contributed by atoms with E-state index in [4.69, 9.17) is 0 Å². The molecule has 1 nitrogen and oxygen atoms in total. The molecule has 0 bridgehead atoms. The van der Waals surface area contributed by atoms with E-state index in [2.05, 4.69) is 120 Å². The number of rotatable bonds is 6. The van der Waals surface area contributed by atoms with Gasteiger partial charge in [0.2, 0.25) is 0 Å². The molecule has 0 heterocycles. The fourth-order valence-electron chi connectivity index (χ4n) is 2.83. The fourth-order valence-corrected chi connectivity index (χ4v) is 3.11. The minimum atomic E-state index is 1.15. The third kappa shape index (κ3) is 4.56. The van der Waals surface area contributed by atoms with E-state index in [0.717, 1.165) is 5.69 Å². The van der Waals surface area contributed by atoms with Gasteiger partial charge in [-0.1, -0.05) is 0 Å². The Hall–Kier alpha value is -2.50. The Morgan fingerprint density at radius 2 is 1.42 bits per heavy atom. The van der Waals surface area contributed by atoms with Gasteiger partial charge in [-0.25, -0.2) is 0 Å². The summed E-state index contributed by atoms with van der Waals surface area (Å²) in [7, 11) is 0. The second kappa shape index (κ2) is 9.27. The van der Waals surface area contributed by atoms with E-state index < -0.39 is 0 Å². The summed E-state index contributed by atoms with van der Waals surface area (Å²) in [4.78, 5) is 2.27. The zero-order chi connectivity index (χ0) is 18.2. The second-order valence-corrected chi connectivity index (χ2v) is 6.92. The number of hydrogen-bond acceptors (Lipinski definition) is 1. The van der Waals surface area contributed by atoms with Gasteiger partial charge in [-0.3, -0.25) is 0 Å². The molecule has 3 aromatic carbocycles. The molecule has 128 valence electrons. The molecule has 0 aromatic heterocycles. The molecule has 2 heteroatoms. The van der Waals surface area contributed by atoms with Crippen molar-refractivity contribution in [2.45, 2.75) is 6.92 Å². The maximum absolute atomic E-state index is 2.27. The summed E-state index contributed by atoms with van der Waals surface area (Å²) in [6, 6.07) is 29.5. The Kier molecular flexibility index (Phi) is 6.52. The molecule has 3 rings (SSSR count). The summed E-state index contributed by atoms with van der Waals surface area (Å²) < 4.78 is 2.14. The predicted octanol–water partition coefficient (Wildman–Crippen LogP) is 6.08. The normalized spacial score (nSPS) is 11.5. The quantitative estimate of drug-likeness (QED) is 0.366. The SMILES string of the molecule is Cc1ccccc1N(C=C(C=C[CH]=[W])c1ccccc1)c1ccccc1. The third-order valence-electron chi connectivity index (χ3n) is 4.14.